The van der Waals surface area contributed by atoms with Gasteiger partial charge in [0, 0.05) is 0 Å². The molecule has 0 spiro atoms. The van der Waals surface area contributed by atoms with Gasteiger partial charge in [0.15, 0.2) is 0 Å². The van der Waals surface area contributed by atoms with Crippen LogP contribution >= 0.6 is 0 Å². The molecule has 1 amide bonds. The van der Waals surface area contributed by atoms with Gasteiger partial charge in [0.2, 0.25) is 0 Å². The minimum atomic E-state index is -0.153. The number of rotatable bonds is 4. The molecule has 0 fully saturated rings. The average Bonchev–Trinajstić information content (AvgIpc) is 1.85. The van der Waals surface area contributed by atoms with Crippen molar-refractivity contribution in [2.75, 3.05) is 20.2 Å². The molecule has 0 atom stereocenters. The van der Waals surface area contributed by atoms with Gasteiger partial charge in [-0.1, -0.05) is 6.92 Å². The summed E-state index contributed by atoms with van der Waals surface area (Å²) in [4.78, 5) is 14.9. The molecule has 4 nitrogen and oxygen atoms in total. The average molecular weight is 132 g/mol. The fraction of sp³-hybridized carbons (Fsp3) is 0.800. The van der Waals surface area contributed by atoms with E-state index in [2.05, 4.69) is 15.6 Å². The molecule has 54 valence electrons. The first-order valence-electron chi connectivity index (χ1n) is 2.83. The second-order valence-corrected chi connectivity index (χ2v) is 1.51. The Kier molecular flexibility index (Phi) is 5.15. The summed E-state index contributed by atoms with van der Waals surface area (Å²) in [5, 5.41) is 2.84. The van der Waals surface area contributed by atoms with E-state index in [4.69, 9.17) is 0 Å². The van der Waals surface area contributed by atoms with Gasteiger partial charge in [0.25, 0.3) is 5.91 Å². The Hall–Kier alpha value is -0.610. The molecule has 0 aliphatic rings. The van der Waals surface area contributed by atoms with Crippen molar-refractivity contribution >= 4 is 5.91 Å². The molecule has 0 saturated carbocycles. The number of nitrogens with one attached hydrogen (secondary N) is 2. The van der Waals surface area contributed by atoms with E-state index in [-0.39, 0.29) is 5.91 Å². The Balaban J connectivity index is 3.06. The molecular weight excluding hydrogens is 120 g/mol. The summed E-state index contributed by atoms with van der Waals surface area (Å²) in [6.07, 6.45) is 0. The normalized spacial score (nSPS) is 9.11. The van der Waals surface area contributed by atoms with E-state index in [1.54, 1.807) is 0 Å². The molecule has 0 radical (unpaired) electrons. The molecule has 0 saturated heterocycles. The largest absolute Gasteiger partial charge is 0.309 e. The Morgan fingerprint density at radius 2 is 2.33 bits per heavy atom. The van der Waals surface area contributed by atoms with E-state index in [1.165, 1.54) is 7.11 Å². The van der Waals surface area contributed by atoms with Crippen molar-refractivity contribution in [3.8, 4) is 0 Å². The summed E-state index contributed by atoms with van der Waals surface area (Å²) in [5.74, 6) is -0.153. The van der Waals surface area contributed by atoms with Crippen molar-refractivity contribution < 1.29 is 9.63 Å². The van der Waals surface area contributed by atoms with Crippen LogP contribution in [0.15, 0.2) is 0 Å². The second-order valence-electron chi connectivity index (χ2n) is 1.51. The zero-order valence-corrected chi connectivity index (χ0v) is 5.73. The highest BCUT2D eigenvalue weighted by molar-refractivity contribution is 5.76. The predicted octanol–water partition coefficient (Wildman–Crippen LogP) is -0.726. The van der Waals surface area contributed by atoms with Crippen LogP contribution in [0, 0.1) is 0 Å². The third-order valence-electron chi connectivity index (χ3n) is 0.751. The van der Waals surface area contributed by atoms with Gasteiger partial charge >= 0.3 is 0 Å². The minimum absolute atomic E-state index is 0.153. The van der Waals surface area contributed by atoms with Gasteiger partial charge in [-0.3, -0.25) is 9.63 Å². The lowest BCUT2D eigenvalue weighted by Crippen LogP contribution is -2.32. The van der Waals surface area contributed by atoms with E-state index in [0.29, 0.717) is 6.54 Å². The molecule has 4 heteroatoms. The van der Waals surface area contributed by atoms with Crippen LogP contribution < -0.4 is 10.8 Å². The molecule has 0 aromatic carbocycles. The molecule has 0 aliphatic heterocycles. The van der Waals surface area contributed by atoms with Gasteiger partial charge in [-0.05, 0) is 6.54 Å². The minimum Gasteiger partial charge on any atom is -0.309 e. The lowest BCUT2D eigenvalue weighted by atomic mass is 10.6. The first-order valence-corrected chi connectivity index (χ1v) is 2.83. The molecule has 9 heavy (non-hydrogen) atoms. The van der Waals surface area contributed by atoms with E-state index >= 15 is 0 Å². The standard InChI is InChI=1S/C5H12N2O2/c1-3-6-4-5(8)7-9-2/h6H,3-4H2,1-2H3,(H,7,8). The maximum atomic E-state index is 10.5. The van der Waals surface area contributed by atoms with Gasteiger partial charge in [-0.25, -0.2) is 5.48 Å². The quantitative estimate of drug-likeness (QED) is 0.496. The highest BCUT2D eigenvalue weighted by atomic mass is 16.6. The summed E-state index contributed by atoms with van der Waals surface area (Å²) < 4.78 is 0. The molecule has 0 unspecified atom stereocenters. The van der Waals surface area contributed by atoms with Crippen LogP contribution in [0.3, 0.4) is 0 Å². The summed E-state index contributed by atoms with van der Waals surface area (Å²) in [6, 6.07) is 0. The number of hydrogen-bond donors (Lipinski definition) is 2. The van der Waals surface area contributed by atoms with Crippen molar-refractivity contribution in [2.24, 2.45) is 0 Å². The van der Waals surface area contributed by atoms with Crippen molar-refractivity contribution in [2.45, 2.75) is 6.92 Å². The number of carbonyl (C=O) groups excluding carboxylic acids is 1. The third kappa shape index (κ3) is 5.26. The van der Waals surface area contributed by atoms with Crippen LogP contribution in [-0.2, 0) is 9.63 Å². The molecule has 0 aromatic heterocycles. The Labute approximate surface area is 54.5 Å². The van der Waals surface area contributed by atoms with Crippen LogP contribution in [0.5, 0.6) is 0 Å². The molecule has 0 heterocycles. The smallest absolute Gasteiger partial charge is 0.257 e. The number of hydrogen-bond acceptors (Lipinski definition) is 3. The Morgan fingerprint density at radius 1 is 1.67 bits per heavy atom. The molecule has 0 aromatic rings. The summed E-state index contributed by atoms with van der Waals surface area (Å²) >= 11 is 0. The highest BCUT2D eigenvalue weighted by Crippen LogP contribution is 1.61. The van der Waals surface area contributed by atoms with Gasteiger partial charge in [0.05, 0.1) is 13.7 Å². The Bertz CT molecular complexity index is 85.0. The zero-order chi connectivity index (χ0) is 7.11. The molecule has 0 aliphatic carbocycles. The van der Waals surface area contributed by atoms with Crippen molar-refractivity contribution in [1.82, 2.24) is 10.8 Å². The second kappa shape index (κ2) is 5.53. The van der Waals surface area contributed by atoms with Gasteiger partial charge < -0.3 is 5.32 Å². The predicted molar refractivity (Wildman–Crippen MR) is 33.7 cm³/mol. The molecule has 2 N–H and O–H groups in total. The van der Waals surface area contributed by atoms with Gasteiger partial charge in [0.1, 0.15) is 0 Å². The van der Waals surface area contributed by atoms with E-state index in [1.807, 2.05) is 6.92 Å². The first kappa shape index (κ1) is 8.39. The summed E-state index contributed by atoms with van der Waals surface area (Å²) in [6.45, 7) is 3.03. The summed E-state index contributed by atoms with van der Waals surface area (Å²) in [5.41, 5.74) is 2.18. The highest BCUT2D eigenvalue weighted by Gasteiger charge is 1.94. The topological polar surface area (TPSA) is 50.4 Å². The van der Waals surface area contributed by atoms with E-state index < -0.39 is 0 Å². The molecular formula is C5H12N2O2. The van der Waals surface area contributed by atoms with Gasteiger partial charge in [-0.15, -0.1) is 0 Å². The van der Waals surface area contributed by atoms with Crippen molar-refractivity contribution in [3.63, 3.8) is 0 Å². The SMILES string of the molecule is CCNCC(=O)NOC. The van der Waals surface area contributed by atoms with Crippen molar-refractivity contribution in [1.29, 1.82) is 0 Å². The monoisotopic (exact) mass is 132 g/mol. The van der Waals surface area contributed by atoms with Crippen LogP contribution in [-0.4, -0.2) is 26.1 Å². The van der Waals surface area contributed by atoms with E-state index in [9.17, 15) is 4.79 Å². The zero-order valence-electron chi connectivity index (χ0n) is 5.73. The first-order chi connectivity index (χ1) is 4.31. The fourth-order valence-electron chi connectivity index (χ4n) is 0.388. The molecule has 0 bridgehead atoms. The molecule has 0 rings (SSSR count). The van der Waals surface area contributed by atoms with Gasteiger partial charge in [-0.2, -0.15) is 0 Å². The number of likely N-dealkylation sites (N-methyl/N-ethyl adjacent to an activating group) is 1. The van der Waals surface area contributed by atoms with Crippen LogP contribution in [0.2, 0.25) is 0 Å². The van der Waals surface area contributed by atoms with Crippen molar-refractivity contribution in [3.05, 3.63) is 0 Å². The lowest BCUT2D eigenvalue weighted by Gasteiger charge is -2.00. The summed E-state index contributed by atoms with van der Waals surface area (Å²) in [7, 11) is 1.41. The van der Waals surface area contributed by atoms with Crippen LogP contribution in [0.4, 0.5) is 0 Å². The maximum Gasteiger partial charge on any atom is 0.257 e. The van der Waals surface area contributed by atoms with Crippen LogP contribution in [0.25, 0.3) is 0 Å². The number of carbonyl (C=O) groups is 1. The number of amides is 1. The third-order valence-corrected chi connectivity index (χ3v) is 0.751. The fourth-order valence-corrected chi connectivity index (χ4v) is 0.388. The lowest BCUT2D eigenvalue weighted by molar-refractivity contribution is -0.130. The maximum absolute atomic E-state index is 10.5. The van der Waals surface area contributed by atoms with Crippen LogP contribution in [0.1, 0.15) is 6.92 Å². The van der Waals surface area contributed by atoms with E-state index in [0.717, 1.165) is 6.54 Å². The Morgan fingerprint density at radius 3 is 2.78 bits per heavy atom. The number of hydroxylamine groups is 1.